The van der Waals surface area contributed by atoms with Crippen LogP contribution in [0.2, 0.25) is 0 Å². The molecule has 3 nitrogen and oxygen atoms in total. The maximum absolute atomic E-state index is 9.05. The van der Waals surface area contributed by atoms with Crippen LogP contribution in [-0.4, -0.2) is 12.2 Å². The Bertz CT molecular complexity index is 607. The maximum Gasteiger partial charge on any atom is 0.123 e. The van der Waals surface area contributed by atoms with Crippen LogP contribution in [-0.2, 0) is 19.6 Å². The predicted molar refractivity (Wildman–Crippen MR) is 83.3 cm³/mol. The van der Waals surface area contributed by atoms with Crippen LogP contribution in [0.3, 0.4) is 0 Å². The van der Waals surface area contributed by atoms with Crippen molar-refractivity contribution in [3.8, 4) is 5.75 Å². The van der Waals surface area contributed by atoms with Gasteiger partial charge in [0, 0.05) is 6.04 Å². The molecule has 21 heavy (non-hydrogen) atoms. The smallest absolute Gasteiger partial charge is 0.123 e. The Labute approximate surface area is 125 Å². The van der Waals surface area contributed by atoms with Gasteiger partial charge in [-0.1, -0.05) is 36.4 Å². The summed E-state index contributed by atoms with van der Waals surface area (Å²) >= 11 is 0. The van der Waals surface area contributed by atoms with Gasteiger partial charge in [0.05, 0.1) is 6.61 Å². The highest BCUT2D eigenvalue weighted by Crippen LogP contribution is 2.36. The molecule has 1 atom stereocenters. The molecule has 1 aliphatic rings. The first-order valence-electron chi connectivity index (χ1n) is 7.42. The molecule has 1 unspecified atom stereocenters. The zero-order chi connectivity index (χ0) is 14.7. The highest BCUT2D eigenvalue weighted by atomic mass is 16.5. The summed E-state index contributed by atoms with van der Waals surface area (Å²) in [6.07, 6.45) is 2.21. The standard InChI is InChI=1S/C18H21NO2/c1-19-17-10-9-16-15(17)3-2-4-18(16)21-12-14-7-5-13(11-20)6-8-14/h2-8,17,19-20H,9-12H2,1H3. The second-order valence-corrected chi connectivity index (χ2v) is 5.47. The fourth-order valence-corrected chi connectivity index (χ4v) is 2.96. The lowest BCUT2D eigenvalue weighted by molar-refractivity contribution is 0.281. The van der Waals surface area contributed by atoms with E-state index in [4.69, 9.17) is 9.84 Å². The van der Waals surface area contributed by atoms with Gasteiger partial charge in [-0.15, -0.1) is 0 Å². The summed E-state index contributed by atoms with van der Waals surface area (Å²) in [4.78, 5) is 0. The maximum atomic E-state index is 9.05. The largest absolute Gasteiger partial charge is 0.489 e. The SMILES string of the molecule is CNC1CCc2c(OCc3ccc(CO)cc3)cccc21. The molecule has 0 amide bonds. The molecule has 2 aromatic carbocycles. The van der Waals surface area contributed by atoms with Gasteiger partial charge in [0.25, 0.3) is 0 Å². The van der Waals surface area contributed by atoms with Crippen molar-refractivity contribution in [3.63, 3.8) is 0 Å². The summed E-state index contributed by atoms with van der Waals surface area (Å²) < 4.78 is 6.01. The minimum Gasteiger partial charge on any atom is -0.489 e. The van der Waals surface area contributed by atoms with Gasteiger partial charge in [-0.05, 0) is 48.2 Å². The predicted octanol–water partition coefficient (Wildman–Crippen LogP) is 2.96. The molecular formula is C18H21NO2. The van der Waals surface area contributed by atoms with E-state index in [2.05, 4.69) is 23.5 Å². The molecule has 0 bridgehead atoms. The number of fused-ring (bicyclic) bond motifs is 1. The van der Waals surface area contributed by atoms with Gasteiger partial charge in [-0.25, -0.2) is 0 Å². The fourth-order valence-electron chi connectivity index (χ4n) is 2.96. The number of rotatable bonds is 5. The van der Waals surface area contributed by atoms with Crippen LogP contribution < -0.4 is 10.1 Å². The van der Waals surface area contributed by atoms with Crippen molar-refractivity contribution >= 4 is 0 Å². The molecule has 0 aliphatic heterocycles. The van der Waals surface area contributed by atoms with Crippen LogP contribution in [0.15, 0.2) is 42.5 Å². The zero-order valence-electron chi connectivity index (χ0n) is 12.3. The number of aliphatic hydroxyl groups is 1. The van der Waals surface area contributed by atoms with Gasteiger partial charge in [-0.3, -0.25) is 0 Å². The third kappa shape index (κ3) is 2.94. The molecule has 0 aromatic heterocycles. The number of hydrogen-bond acceptors (Lipinski definition) is 3. The van der Waals surface area contributed by atoms with E-state index in [1.54, 1.807) is 0 Å². The van der Waals surface area contributed by atoms with E-state index < -0.39 is 0 Å². The van der Waals surface area contributed by atoms with Gasteiger partial charge >= 0.3 is 0 Å². The Morgan fingerprint density at radius 1 is 1.14 bits per heavy atom. The van der Waals surface area contributed by atoms with Gasteiger partial charge in [-0.2, -0.15) is 0 Å². The first-order chi connectivity index (χ1) is 10.3. The van der Waals surface area contributed by atoms with Crippen molar-refractivity contribution < 1.29 is 9.84 Å². The normalized spacial score (nSPS) is 16.8. The molecule has 2 N–H and O–H groups in total. The monoisotopic (exact) mass is 283 g/mol. The van der Waals surface area contributed by atoms with E-state index in [0.717, 1.165) is 29.7 Å². The van der Waals surface area contributed by atoms with E-state index in [1.807, 2.05) is 31.3 Å². The summed E-state index contributed by atoms with van der Waals surface area (Å²) in [7, 11) is 2.01. The molecule has 0 fully saturated rings. The molecule has 0 saturated heterocycles. The van der Waals surface area contributed by atoms with Crippen LogP contribution in [0.5, 0.6) is 5.75 Å². The van der Waals surface area contributed by atoms with E-state index in [9.17, 15) is 0 Å². The van der Waals surface area contributed by atoms with Crippen LogP contribution in [0.1, 0.15) is 34.7 Å². The number of nitrogens with one attached hydrogen (secondary N) is 1. The second-order valence-electron chi connectivity index (χ2n) is 5.47. The third-order valence-electron chi connectivity index (χ3n) is 4.18. The Kier molecular flexibility index (Phi) is 4.23. The highest BCUT2D eigenvalue weighted by molar-refractivity contribution is 5.45. The molecule has 0 saturated carbocycles. The van der Waals surface area contributed by atoms with E-state index >= 15 is 0 Å². The topological polar surface area (TPSA) is 41.5 Å². The van der Waals surface area contributed by atoms with Gasteiger partial charge < -0.3 is 15.2 Å². The van der Waals surface area contributed by atoms with Crippen molar-refractivity contribution in [2.24, 2.45) is 0 Å². The van der Waals surface area contributed by atoms with Crippen molar-refractivity contribution in [2.75, 3.05) is 7.05 Å². The molecule has 0 spiro atoms. The summed E-state index contributed by atoms with van der Waals surface area (Å²) in [6.45, 7) is 0.644. The average Bonchev–Trinajstić information content (AvgIpc) is 2.97. The summed E-state index contributed by atoms with van der Waals surface area (Å²) in [5.74, 6) is 0.997. The highest BCUT2D eigenvalue weighted by Gasteiger charge is 2.23. The van der Waals surface area contributed by atoms with Gasteiger partial charge in [0.15, 0.2) is 0 Å². The Balaban J connectivity index is 1.72. The van der Waals surface area contributed by atoms with Crippen LogP contribution in [0.25, 0.3) is 0 Å². The molecule has 1 aliphatic carbocycles. The van der Waals surface area contributed by atoms with Crippen molar-refractivity contribution in [1.29, 1.82) is 0 Å². The molecule has 3 heteroatoms. The van der Waals surface area contributed by atoms with E-state index in [1.165, 1.54) is 11.1 Å². The molecule has 2 aromatic rings. The van der Waals surface area contributed by atoms with Crippen molar-refractivity contribution in [1.82, 2.24) is 5.32 Å². The lowest BCUT2D eigenvalue weighted by atomic mass is 10.1. The molecule has 110 valence electrons. The van der Waals surface area contributed by atoms with Crippen molar-refractivity contribution in [2.45, 2.75) is 32.1 Å². The Hall–Kier alpha value is -1.84. The first-order valence-corrected chi connectivity index (χ1v) is 7.42. The second kappa shape index (κ2) is 6.29. The third-order valence-corrected chi connectivity index (χ3v) is 4.18. The lowest BCUT2D eigenvalue weighted by Gasteiger charge is -2.13. The van der Waals surface area contributed by atoms with Crippen LogP contribution >= 0.6 is 0 Å². The minimum absolute atomic E-state index is 0.0821. The number of aliphatic hydroxyl groups excluding tert-OH is 1. The number of benzene rings is 2. The molecular weight excluding hydrogens is 262 g/mol. The molecule has 0 heterocycles. The lowest BCUT2D eigenvalue weighted by Crippen LogP contribution is -2.12. The molecule has 3 rings (SSSR count). The van der Waals surface area contributed by atoms with Crippen LogP contribution in [0, 0.1) is 0 Å². The zero-order valence-corrected chi connectivity index (χ0v) is 12.3. The average molecular weight is 283 g/mol. The van der Waals surface area contributed by atoms with Gasteiger partial charge in [0.1, 0.15) is 12.4 Å². The quantitative estimate of drug-likeness (QED) is 0.886. The summed E-state index contributed by atoms with van der Waals surface area (Å²) in [5.41, 5.74) is 4.75. The minimum atomic E-state index is 0.0821. The van der Waals surface area contributed by atoms with E-state index in [-0.39, 0.29) is 6.61 Å². The first kappa shape index (κ1) is 14.1. The summed E-state index contributed by atoms with van der Waals surface area (Å²) in [5, 5.41) is 12.4. The Morgan fingerprint density at radius 2 is 1.90 bits per heavy atom. The summed E-state index contributed by atoms with van der Waals surface area (Å²) in [6, 6.07) is 14.6. The van der Waals surface area contributed by atoms with Crippen LogP contribution in [0.4, 0.5) is 0 Å². The fraction of sp³-hybridized carbons (Fsp3) is 0.333. The Morgan fingerprint density at radius 3 is 2.62 bits per heavy atom. The van der Waals surface area contributed by atoms with Crippen molar-refractivity contribution in [3.05, 3.63) is 64.7 Å². The van der Waals surface area contributed by atoms with E-state index in [0.29, 0.717) is 12.6 Å². The number of ether oxygens (including phenoxy) is 1. The van der Waals surface area contributed by atoms with Gasteiger partial charge in [0.2, 0.25) is 0 Å². The molecule has 0 radical (unpaired) electrons. The number of hydrogen-bond donors (Lipinski definition) is 2.